The van der Waals surface area contributed by atoms with E-state index in [0.29, 0.717) is 11.7 Å². The highest BCUT2D eigenvalue weighted by Gasteiger charge is 2.25. The number of benzene rings is 1. The highest BCUT2D eigenvalue weighted by molar-refractivity contribution is 5.48. The molecule has 0 aromatic heterocycles. The van der Waals surface area contributed by atoms with Crippen molar-refractivity contribution in [1.82, 2.24) is 5.32 Å². The molecule has 0 spiro atoms. The first kappa shape index (κ1) is 15.8. The summed E-state index contributed by atoms with van der Waals surface area (Å²) < 4.78 is 24.0. The topological polar surface area (TPSA) is 47.6 Å². The van der Waals surface area contributed by atoms with Crippen molar-refractivity contribution in [2.24, 2.45) is 5.92 Å². The Morgan fingerprint density at radius 3 is 2.48 bits per heavy atom. The quantitative estimate of drug-likeness (QED) is 0.821. The number of halogens is 1. The molecule has 1 saturated heterocycles. The fourth-order valence-corrected chi connectivity index (χ4v) is 2.65. The van der Waals surface area contributed by atoms with Crippen molar-refractivity contribution in [2.45, 2.75) is 38.6 Å². The molecule has 0 bridgehead atoms. The smallest absolute Gasteiger partial charge is 0.242 e. The van der Waals surface area contributed by atoms with Gasteiger partial charge in [0.05, 0.1) is 6.04 Å². The maximum atomic E-state index is 13.5. The molecule has 0 aliphatic carbocycles. The van der Waals surface area contributed by atoms with Crippen LogP contribution in [0.5, 0.6) is 5.75 Å². The Morgan fingerprint density at radius 1 is 1.33 bits per heavy atom. The molecule has 0 radical (unpaired) electrons. The predicted molar refractivity (Wildman–Crippen MR) is 77.7 cm³/mol. The summed E-state index contributed by atoms with van der Waals surface area (Å²) in [4.78, 5) is 10.9. The Kier molecular flexibility index (Phi) is 5.17. The molecule has 1 atom stereocenters. The normalized spacial score (nSPS) is 18.0. The summed E-state index contributed by atoms with van der Waals surface area (Å²) >= 11 is 0. The molecule has 2 rings (SSSR count). The lowest BCUT2D eigenvalue weighted by molar-refractivity contribution is -0.110. The van der Waals surface area contributed by atoms with Gasteiger partial charge in [-0.25, -0.2) is 0 Å². The van der Waals surface area contributed by atoms with Crippen LogP contribution >= 0.6 is 0 Å². The number of hydrogen-bond donors (Lipinski definition) is 1. The first-order chi connectivity index (χ1) is 9.99. The fraction of sp³-hybridized carbons (Fsp3) is 0.562. The third-order valence-corrected chi connectivity index (χ3v) is 3.58. The van der Waals surface area contributed by atoms with Crippen molar-refractivity contribution in [3.05, 3.63) is 29.8 Å². The first-order valence-electron chi connectivity index (χ1n) is 7.25. The van der Waals surface area contributed by atoms with Crippen LogP contribution < -0.4 is 10.1 Å². The van der Waals surface area contributed by atoms with E-state index in [1.165, 1.54) is 13.8 Å². The van der Waals surface area contributed by atoms with Gasteiger partial charge in [-0.1, -0.05) is 12.1 Å². The number of nitrogens with one attached hydrogen (secondary N) is 1. The molecule has 116 valence electrons. The Morgan fingerprint density at radius 2 is 1.95 bits per heavy atom. The van der Waals surface area contributed by atoms with Crippen molar-refractivity contribution in [1.29, 1.82) is 0 Å². The Labute approximate surface area is 124 Å². The SMILES string of the molecule is CC(C)(F)Oc1ccc(C(NC=O)C2CCOCC2)cc1. The minimum absolute atomic E-state index is 0.0427. The third kappa shape index (κ3) is 4.70. The molecule has 1 aromatic carbocycles. The largest absolute Gasteiger partial charge is 0.459 e. The van der Waals surface area contributed by atoms with Gasteiger partial charge in [0.2, 0.25) is 12.3 Å². The van der Waals surface area contributed by atoms with Crippen LogP contribution in [0, 0.1) is 5.92 Å². The third-order valence-electron chi connectivity index (χ3n) is 3.58. The van der Waals surface area contributed by atoms with E-state index < -0.39 is 5.85 Å². The van der Waals surface area contributed by atoms with Crippen LogP contribution in [0.2, 0.25) is 0 Å². The van der Waals surface area contributed by atoms with E-state index in [1.54, 1.807) is 12.1 Å². The van der Waals surface area contributed by atoms with Crippen LogP contribution in [-0.2, 0) is 9.53 Å². The van der Waals surface area contributed by atoms with E-state index in [4.69, 9.17) is 9.47 Å². The molecule has 5 heteroatoms. The van der Waals surface area contributed by atoms with Gasteiger partial charge in [0.25, 0.3) is 0 Å². The van der Waals surface area contributed by atoms with E-state index in [2.05, 4.69) is 5.32 Å². The number of alkyl halides is 1. The second kappa shape index (κ2) is 6.89. The molecule has 4 nitrogen and oxygen atoms in total. The molecule has 1 fully saturated rings. The number of ether oxygens (including phenoxy) is 2. The summed E-state index contributed by atoms with van der Waals surface area (Å²) in [7, 11) is 0. The number of carbonyl (C=O) groups is 1. The number of carbonyl (C=O) groups excluding carboxylic acids is 1. The van der Waals surface area contributed by atoms with Gasteiger partial charge >= 0.3 is 0 Å². The highest BCUT2D eigenvalue weighted by atomic mass is 19.2. The van der Waals surface area contributed by atoms with Crippen molar-refractivity contribution in [2.75, 3.05) is 13.2 Å². The zero-order valence-corrected chi connectivity index (χ0v) is 12.5. The highest BCUT2D eigenvalue weighted by Crippen LogP contribution is 2.31. The number of hydrogen-bond acceptors (Lipinski definition) is 3. The number of rotatable bonds is 6. The standard InChI is InChI=1S/C16H22FNO3/c1-16(2,17)21-14-5-3-12(4-6-14)15(18-11-19)13-7-9-20-10-8-13/h3-6,11,13,15H,7-10H2,1-2H3,(H,18,19). The van der Waals surface area contributed by atoms with Crippen molar-refractivity contribution in [3.63, 3.8) is 0 Å². The average molecular weight is 295 g/mol. The second-order valence-corrected chi connectivity index (χ2v) is 5.75. The fourth-order valence-electron chi connectivity index (χ4n) is 2.65. The molecule has 1 amide bonds. The summed E-state index contributed by atoms with van der Waals surface area (Å²) in [6.07, 6.45) is 2.57. The van der Waals surface area contributed by atoms with E-state index in [1.807, 2.05) is 12.1 Å². The summed E-state index contributed by atoms with van der Waals surface area (Å²) in [6, 6.07) is 7.17. The van der Waals surface area contributed by atoms with Gasteiger partial charge in [-0.3, -0.25) is 4.79 Å². The van der Waals surface area contributed by atoms with Gasteiger partial charge in [-0.05, 0) is 36.5 Å². The van der Waals surface area contributed by atoms with Gasteiger partial charge < -0.3 is 14.8 Å². The average Bonchev–Trinajstić information content (AvgIpc) is 2.45. The molecule has 1 heterocycles. The van der Waals surface area contributed by atoms with Gasteiger partial charge in [0.15, 0.2) is 0 Å². The van der Waals surface area contributed by atoms with E-state index in [-0.39, 0.29) is 6.04 Å². The van der Waals surface area contributed by atoms with Crippen LogP contribution in [0.4, 0.5) is 4.39 Å². The van der Waals surface area contributed by atoms with Gasteiger partial charge in [0, 0.05) is 27.1 Å². The Hall–Kier alpha value is -1.62. The van der Waals surface area contributed by atoms with Gasteiger partial charge in [-0.2, -0.15) is 4.39 Å². The lowest BCUT2D eigenvalue weighted by atomic mass is 9.87. The van der Waals surface area contributed by atoms with Crippen molar-refractivity contribution in [3.8, 4) is 5.75 Å². The predicted octanol–water partition coefficient (Wildman–Crippen LogP) is 2.98. The summed E-state index contributed by atoms with van der Waals surface area (Å²) in [6.45, 7) is 4.16. The first-order valence-corrected chi connectivity index (χ1v) is 7.25. The van der Waals surface area contributed by atoms with Crippen LogP contribution in [0.1, 0.15) is 38.3 Å². The Bertz CT molecular complexity index is 450. The van der Waals surface area contributed by atoms with Gasteiger partial charge in [0.1, 0.15) is 5.75 Å². The summed E-state index contributed by atoms with van der Waals surface area (Å²) in [5, 5.41) is 2.89. The zero-order valence-electron chi connectivity index (χ0n) is 12.5. The van der Waals surface area contributed by atoms with E-state index in [9.17, 15) is 9.18 Å². The van der Waals surface area contributed by atoms with Crippen LogP contribution in [0.25, 0.3) is 0 Å². The van der Waals surface area contributed by atoms with Crippen molar-refractivity contribution < 1.29 is 18.7 Å². The Balaban J connectivity index is 2.10. The van der Waals surface area contributed by atoms with Crippen LogP contribution in [-0.4, -0.2) is 25.5 Å². The maximum absolute atomic E-state index is 13.5. The van der Waals surface area contributed by atoms with E-state index >= 15 is 0 Å². The summed E-state index contributed by atoms with van der Waals surface area (Å²) in [5.41, 5.74) is 0.998. The number of amides is 1. The molecule has 1 N–H and O–H groups in total. The maximum Gasteiger partial charge on any atom is 0.242 e. The molecule has 1 aliphatic rings. The molecule has 1 aliphatic heterocycles. The molecule has 1 unspecified atom stereocenters. The second-order valence-electron chi connectivity index (χ2n) is 5.75. The zero-order chi connectivity index (χ0) is 15.3. The minimum Gasteiger partial charge on any atom is -0.459 e. The lowest BCUT2D eigenvalue weighted by Crippen LogP contribution is -2.31. The molecular weight excluding hydrogens is 273 g/mol. The van der Waals surface area contributed by atoms with E-state index in [0.717, 1.165) is 38.0 Å². The monoisotopic (exact) mass is 295 g/mol. The molecule has 1 aromatic rings. The lowest BCUT2D eigenvalue weighted by Gasteiger charge is -2.30. The molecule has 0 saturated carbocycles. The van der Waals surface area contributed by atoms with Crippen LogP contribution in [0.15, 0.2) is 24.3 Å². The van der Waals surface area contributed by atoms with Crippen LogP contribution in [0.3, 0.4) is 0 Å². The molecular formula is C16H22FNO3. The molecule has 21 heavy (non-hydrogen) atoms. The summed E-state index contributed by atoms with van der Waals surface area (Å²) in [5.74, 6) is -0.876. The van der Waals surface area contributed by atoms with Crippen molar-refractivity contribution >= 4 is 6.41 Å². The van der Waals surface area contributed by atoms with Gasteiger partial charge in [-0.15, -0.1) is 0 Å². The minimum atomic E-state index is -1.71.